The van der Waals surface area contributed by atoms with Crippen LogP contribution in [0.1, 0.15) is 37.9 Å². The molecule has 1 fully saturated rings. The number of benzene rings is 2. The molecule has 1 atom stereocenters. The van der Waals surface area contributed by atoms with Gasteiger partial charge in [0.15, 0.2) is 0 Å². The van der Waals surface area contributed by atoms with Crippen molar-refractivity contribution in [2.24, 2.45) is 5.92 Å². The maximum atomic E-state index is 13.0. The molecule has 1 aliphatic rings. The number of carbonyl (C=O) groups is 2. The number of hydrogen-bond acceptors (Lipinski definition) is 6. The van der Waals surface area contributed by atoms with E-state index in [4.69, 9.17) is 14.2 Å². The largest absolute Gasteiger partial charge is 0.507 e. The van der Waals surface area contributed by atoms with E-state index in [9.17, 15) is 14.7 Å². The van der Waals surface area contributed by atoms with Gasteiger partial charge in [-0.2, -0.15) is 0 Å². The van der Waals surface area contributed by atoms with Crippen LogP contribution in [-0.2, 0) is 14.3 Å². The predicted molar refractivity (Wildman–Crippen MR) is 125 cm³/mol. The molecule has 1 saturated heterocycles. The average Bonchev–Trinajstić information content (AvgIpc) is 3.06. The number of methoxy groups -OCH3 is 1. The number of likely N-dealkylation sites (tertiary alicyclic amines) is 1. The summed E-state index contributed by atoms with van der Waals surface area (Å²) in [6, 6.07) is 13.3. The second kappa shape index (κ2) is 11.0. The maximum absolute atomic E-state index is 13.0. The fraction of sp³-hybridized carbons (Fsp3) is 0.385. The lowest BCUT2D eigenvalue weighted by Crippen LogP contribution is -2.32. The molecule has 7 heteroatoms. The summed E-state index contributed by atoms with van der Waals surface area (Å²) in [6.07, 6.45) is 0. The Balaban J connectivity index is 2.05. The van der Waals surface area contributed by atoms with Gasteiger partial charge in [0, 0.05) is 19.2 Å². The smallest absolute Gasteiger partial charge is 0.295 e. The van der Waals surface area contributed by atoms with Crippen molar-refractivity contribution in [1.29, 1.82) is 0 Å². The molecular formula is C26H31NO6. The topological polar surface area (TPSA) is 85.3 Å². The van der Waals surface area contributed by atoms with Gasteiger partial charge in [-0.25, -0.2) is 0 Å². The van der Waals surface area contributed by atoms with E-state index in [1.54, 1.807) is 24.3 Å². The van der Waals surface area contributed by atoms with Gasteiger partial charge in [0.2, 0.25) is 0 Å². The molecule has 0 bridgehead atoms. The molecule has 1 N–H and O–H groups in total. The third-order valence-corrected chi connectivity index (χ3v) is 5.27. The molecule has 1 aliphatic heterocycles. The minimum atomic E-state index is -0.741. The van der Waals surface area contributed by atoms with Crippen LogP contribution in [-0.4, -0.2) is 55.2 Å². The molecule has 176 valence electrons. The van der Waals surface area contributed by atoms with Crippen LogP contribution in [0.15, 0.2) is 54.1 Å². The molecule has 0 saturated carbocycles. The van der Waals surface area contributed by atoms with Crippen molar-refractivity contribution in [1.82, 2.24) is 4.90 Å². The van der Waals surface area contributed by atoms with Gasteiger partial charge in [-0.15, -0.1) is 0 Å². The Hall–Kier alpha value is -3.32. The first-order valence-electron chi connectivity index (χ1n) is 11.1. The number of carbonyl (C=O) groups excluding carboxylic acids is 2. The SMILES string of the molecule is CCOc1cccc(/C(O)=C2/C(=O)C(=O)N(CCOC)C2c2ccc(OCC(C)C)cc2)c1. The Bertz CT molecular complexity index is 1010. The highest BCUT2D eigenvalue weighted by atomic mass is 16.5. The first-order chi connectivity index (χ1) is 15.9. The van der Waals surface area contributed by atoms with Crippen LogP contribution >= 0.6 is 0 Å². The van der Waals surface area contributed by atoms with Crippen LogP contribution < -0.4 is 9.47 Å². The summed E-state index contributed by atoms with van der Waals surface area (Å²) >= 11 is 0. The van der Waals surface area contributed by atoms with Crippen molar-refractivity contribution >= 4 is 17.4 Å². The number of amides is 1. The fourth-order valence-corrected chi connectivity index (χ4v) is 3.71. The van der Waals surface area contributed by atoms with Gasteiger partial charge in [-0.3, -0.25) is 9.59 Å². The van der Waals surface area contributed by atoms with E-state index in [1.165, 1.54) is 12.0 Å². The van der Waals surface area contributed by atoms with Crippen LogP contribution in [0.3, 0.4) is 0 Å². The van der Waals surface area contributed by atoms with E-state index in [-0.39, 0.29) is 24.5 Å². The summed E-state index contributed by atoms with van der Waals surface area (Å²) in [5.41, 5.74) is 1.15. The third-order valence-electron chi connectivity index (χ3n) is 5.27. The van der Waals surface area contributed by atoms with E-state index in [0.29, 0.717) is 41.8 Å². The molecule has 33 heavy (non-hydrogen) atoms. The van der Waals surface area contributed by atoms with E-state index in [0.717, 1.165) is 0 Å². The summed E-state index contributed by atoms with van der Waals surface area (Å²) in [5, 5.41) is 11.1. The minimum Gasteiger partial charge on any atom is -0.507 e. The fourth-order valence-electron chi connectivity index (χ4n) is 3.71. The number of aliphatic hydroxyl groups excluding tert-OH is 1. The van der Waals surface area contributed by atoms with Crippen molar-refractivity contribution in [2.75, 3.05) is 33.5 Å². The zero-order chi connectivity index (χ0) is 24.0. The van der Waals surface area contributed by atoms with E-state index in [1.807, 2.05) is 31.2 Å². The summed E-state index contributed by atoms with van der Waals surface area (Å²) in [6.45, 7) is 7.53. The van der Waals surface area contributed by atoms with Gasteiger partial charge in [0.1, 0.15) is 17.3 Å². The number of nitrogens with zero attached hydrogens (tertiary/aromatic N) is 1. The van der Waals surface area contributed by atoms with E-state index in [2.05, 4.69) is 13.8 Å². The van der Waals surface area contributed by atoms with E-state index >= 15 is 0 Å². The lowest BCUT2D eigenvalue weighted by molar-refractivity contribution is -0.140. The number of rotatable bonds is 10. The lowest BCUT2D eigenvalue weighted by Gasteiger charge is -2.25. The van der Waals surface area contributed by atoms with Gasteiger partial charge in [-0.1, -0.05) is 38.1 Å². The number of hydrogen-bond donors (Lipinski definition) is 1. The third kappa shape index (κ3) is 5.54. The predicted octanol–water partition coefficient (Wildman–Crippen LogP) is 4.19. The van der Waals surface area contributed by atoms with Crippen LogP contribution in [0, 0.1) is 5.92 Å². The minimum absolute atomic E-state index is 0.0422. The van der Waals surface area contributed by atoms with Gasteiger partial charge in [0.25, 0.3) is 11.7 Å². The highest BCUT2D eigenvalue weighted by Gasteiger charge is 2.45. The standard InChI is InChI=1S/C26H31NO6/c1-5-32-21-8-6-7-19(15-21)24(28)22-23(27(13-14-31-4)26(30)25(22)29)18-9-11-20(12-10-18)33-16-17(2)3/h6-12,15,17,23,28H,5,13-14,16H2,1-4H3/b24-22-. The van der Waals surface area contributed by atoms with Crippen molar-refractivity contribution in [3.05, 3.63) is 65.2 Å². The molecule has 1 heterocycles. The molecule has 0 spiro atoms. The van der Waals surface area contributed by atoms with Gasteiger partial charge in [0.05, 0.1) is 31.4 Å². The Morgan fingerprint density at radius 3 is 2.42 bits per heavy atom. The monoisotopic (exact) mass is 453 g/mol. The van der Waals surface area contributed by atoms with Crippen molar-refractivity contribution < 1.29 is 28.9 Å². The Kier molecular flexibility index (Phi) is 8.11. The molecule has 3 rings (SSSR count). The number of ketones is 1. The molecule has 7 nitrogen and oxygen atoms in total. The number of aliphatic hydroxyl groups is 1. The highest BCUT2D eigenvalue weighted by Crippen LogP contribution is 2.40. The first kappa shape index (κ1) is 24.3. The molecule has 1 amide bonds. The first-order valence-corrected chi connectivity index (χ1v) is 11.1. The van der Waals surface area contributed by atoms with Gasteiger partial charge in [-0.05, 0) is 42.7 Å². The van der Waals surface area contributed by atoms with E-state index < -0.39 is 17.7 Å². The average molecular weight is 454 g/mol. The van der Waals surface area contributed by atoms with Gasteiger partial charge < -0.3 is 24.2 Å². The Morgan fingerprint density at radius 2 is 1.79 bits per heavy atom. The van der Waals surface area contributed by atoms with Crippen molar-refractivity contribution in [3.63, 3.8) is 0 Å². The molecule has 0 aromatic heterocycles. The highest BCUT2D eigenvalue weighted by molar-refractivity contribution is 6.46. The molecule has 1 unspecified atom stereocenters. The normalized spacial score (nSPS) is 17.6. The second-order valence-electron chi connectivity index (χ2n) is 8.22. The number of Topliss-reactive ketones (excluding diaryl/α,β-unsaturated/α-hetero) is 1. The van der Waals surface area contributed by atoms with Crippen molar-refractivity contribution in [3.8, 4) is 11.5 Å². The summed E-state index contributed by atoms with van der Waals surface area (Å²) in [5.74, 6) is 0.0255. The molecule has 0 radical (unpaired) electrons. The molecular weight excluding hydrogens is 422 g/mol. The summed E-state index contributed by atoms with van der Waals surface area (Å²) < 4.78 is 16.4. The Morgan fingerprint density at radius 1 is 1.06 bits per heavy atom. The molecule has 2 aromatic carbocycles. The molecule has 0 aliphatic carbocycles. The zero-order valence-corrected chi connectivity index (χ0v) is 19.5. The lowest BCUT2D eigenvalue weighted by atomic mass is 9.95. The zero-order valence-electron chi connectivity index (χ0n) is 19.5. The van der Waals surface area contributed by atoms with Crippen LogP contribution in [0.5, 0.6) is 11.5 Å². The quantitative estimate of drug-likeness (QED) is 0.330. The van der Waals surface area contributed by atoms with Gasteiger partial charge >= 0.3 is 0 Å². The van der Waals surface area contributed by atoms with Crippen LogP contribution in [0.4, 0.5) is 0 Å². The molecule has 2 aromatic rings. The Labute approximate surface area is 194 Å². The van der Waals surface area contributed by atoms with Crippen LogP contribution in [0.25, 0.3) is 5.76 Å². The van der Waals surface area contributed by atoms with Crippen molar-refractivity contribution in [2.45, 2.75) is 26.8 Å². The summed E-state index contributed by atoms with van der Waals surface area (Å²) in [7, 11) is 1.53. The summed E-state index contributed by atoms with van der Waals surface area (Å²) in [4.78, 5) is 27.3. The second-order valence-corrected chi connectivity index (χ2v) is 8.22. The maximum Gasteiger partial charge on any atom is 0.295 e. The van der Waals surface area contributed by atoms with Crippen LogP contribution in [0.2, 0.25) is 0 Å². The number of ether oxygens (including phenoxy) is 3.